The molecule has 0 bridgehead atoms. The van der Waals surface area contributed by atoms with Crippen LogP contribution < -0.4 is 20.7 Å². The number of ether oxygens (including phenoxy) is 1. The van der Waals surface area contributed by atoms with Crippen LogP contribution in [-0.4, -0.2) is 7.11 Å². The third kappa shape index (κ3) is 32.5. The van der Waals surface area contributed by atoms with E-state index in [1.807, 2.05) is 54.6 Å². The summed E-state index contributed by atoms with van der Waals surface area (Å²) < 4.78 is 43.2. The Morgan fingerprint density at radius 2 is 0.420 bits per heavy atom. The van der Waals surface area contributed by atoms with E-state index in [9.17, 15) is 0 Å². The Morgan fingerprint density at radius 3 is 0.780 bits per heavy atom. The molecular weight excluding hydrogens is 1810 g/mol. The number of anilines is 6. The highest BCUT2D eigenvalue weighted by Gasteiger charge is 2.17. The molecule has 4 nitrogen and oxygen atoms in total. The van der Waals surface area contributed by atoms with E-state index in [-0.39, 0.29) is 46.7 Å². The van der Waals surface area contributed by atoms with Crippen molar-refractivity contribution < 1.29 is 11.6 Å². The quantitative estimate of drug-likeness (QED) is 0.0597. The average molecular weight is 1950 g/mol. The van der Waals surface area contributed by atoms with Crippen LogP contribution in [0.1, 0.15) is 110 Å². The van der Waals surface area contributed by atoms with E-state index in [2.05, 4.69) is 550 Å². The van der Waals surface area contributed by atoms with Gasteiger partial charge in [0.2, 0.25) is 0 Å². The van der Waals surface area contributed by atoms with E-state index in [0.717, 1.165) is 54.2 Å². The van der Waals surface area contributed by atoms with Gasteiger partial charge in [0, 0.05) is 34.1 Å². The van der Waals surface area contributed by atoms with Gasteiger partial charge in [0.15, 0.2) is 0 Å². The van der Waals surface area contributed by atoms with Crippen LogP contribution in [0.15, 0.2) is 594 Å². The normalized spacial score (nSPS) is 11.1. The van der Waals surface area contributed by atoms with Crippen molar-refractivity contribution in [2.45, 2.75) is 85.0 Å². The second kappa shape index (κ2) is 54.3. The summed E-state index contributed by atoms with van der Waals surface area (Å²) in [5.74, 6) is 0.910. The van der Waals surface area contributed by atoms with Gasteiger partial charge in [-0.15, -0.1) is 0 Å². The molecule has 0 atom stereocenters. The van der Waals surface area contributed by atoms with E-state index in [4.69, 9.17) is 11.6 Å². The van der Waals surface area contributed by atoms with E-state index >= 15 is 0 Å². The van der Waals surface area contributed by atoms with Gasteiger partial charge in [0.1, 0.15) is 5.75 Å². The summed E-state index contributed by atoms with van der Waals surface area (Å²) in [7, 11) is 1.69. The molecule has 0 amide bonds. The van der Waals surface area contributed by atoms with Crippen molar-refractivity contribution in [2.75, 3.05) is 23.1 Å². The molecule has 0 aliphatic carbocycles. The molecule has 4 heteroatoms. The predicted molar refractivity (Wildman–Crippen MR) is 643 cm³/mol. The molecule has 22 aromatic rings. The molecule has 0 aromatic heterocycles. The van der Waals surface area contributed by atoms with Crippen molar-refractivity contribution in [3.63, 3.8) is 0 Å². The number of methoxy groups -OCH3 is 1. The Bertz CT molecular complexity index is 7950. The molecule has 738 valence electrons. The van der Waals surface area contributed by atoms with Gasteiger partial charge < -0.3 is 20.7 Å². The molecule has 0 fully saturated rings. The minimum absolute atomic E-state index is 0.0900. The topological polar surface area (TPSA) is 45.3 Å². The minimum atomic E-state index is -0.386. The summed E-state index contributed by atoms with van der Waals surface area (Å²) in [5, 5.41) is 9.77. The van der Waals surface area contributed by atoms with Gasteiger partial charge in [0.25, 0.3) is 0 Å². The number of hydrogen-bond acceptors (Lipinski definition) is 4. The third-order valence-corrected chi connectivity index (χ3v) is 25.8. The standard InChI is InChI=1S/2C25H20.2C24H19N.C21H28.C15H16O.C12H11N/c1-3-8-20(9-4-1)18-21-14-16-23(17-15-21)25-13-7-12-24(19-25)22-10-5-2-6-11-22;1-3-7-20(8-4-1)19-21-11-13-23(14-12-21)25-17-15-24(16-18-25)22-9-5-2-6-10-22;1-4-10-19(11-5-1)23-17-16-22(25-21-14-8-3-9-15-21)18-24(23)20-12-6-2-7-13-20;1-3-9-19(10-4-1)23-13-7-8-14-24(23)20-15-17-22(18-16-20)25-21-11-5-2-6-12-21;1-20(2,3)18-11-7-16(8-12-18)15-17-9-13-19(14-10-17)21(4,5)6;1-12-3-5-13(6-4-12)11-14-7-9-15(16-2)10-8-14;1-3-7-11(8-4-1)13-12-9-5-2-6-10-12/h1-17,19H,18H2;1-18H,19H2;2*1-18,25H;7-14H,15H2,1-6H3;3-10H,11H2,1-2H3;1-10,13H/i;;;;;;1D,3D,4D,7D,8D. The summed E-state index contributed by atoms with van der Waals surface area (Å²) in [6.45, 7) is 15.7. The number of aryl methyl sites for hydroxylation is 1. The third-order valence-electron chi connectivity index (χ3n) is 25.8. The van der Waals surface area contributed by atoms with Crippen molar-refractivity contribution in [2.24, 2.45) is 0 Å². The lowest BCUT2D eigenvalue weighted by atomic mass is 9.85. The summed E-state index contributed by atoms with van der Waals surface area (Å²) in [4.78, 5) is 0. The van der Waals surface area contributed by atoms with E-state index in [0.29, 0.717) is 5.69 Å². The Morgan fingerprint density at radius 1 is 0.187 bits per heavy atom. The number of rotatable bonds is 23. The maximum atomic E-state index is 7.75. The summed E-state index contributed by atoms with van der Waals surface area (Å²) in [5.41, 5.74) is 40.4. The van der Waals surface area contributed by atoms with E-state index in [1.54, 1.807) is 31.4 Å². The molecule has 0 saturated heterocycles. The SMILES string of the molecule is CC(C)(C)c1ccc(Cc2ccc(C(C)(C)C)cc2)cc1.COc1ccc(Cc2ccc(C)cc2)cc1.[2H]c1c([2H])c([2H])c(Nc2ccccc2)c([2H])c1[2H].c1ccc(Cc2ccc(-c3ccc(-c4ccccc4)cc3)cc2)cc1.c1ccc(Cc2ccc(-c3cccc(-c4ccccc4)c3)cc2)cc1.c1ccc(Nc2ccc(-c3ccccc3)c(-c3ccccc3)c2)cc1.c1ccc(Nc2ccc(-c3ccccc3-c3ccccc3)cc2)cc1. The molecule has 0 heterocycles. The van der Waals surface area contributed by atoms with Crippen LogP contribution in [0, 0.1) is 6.92 Å². The fourth-order valence-corrected chi connectivity index (χ4v) is 17.5. The summed E-state index contributed by atoms with van der Waals surface area (Å²) >= 11 is 0. The summed E-state index contributed by atoms with van der Waals surface area (Å²) in [6, 6.07) is 196. The maximum Gasteiger partial charge on any atom is 0.118 e. The van der Waals surface area contributed by atoms with Gasteiger partial charge >= 0.3 is 0 Å². The van der Waals surface area contributed by atoms with Crippen LogP contribution in [0.25, 0.3) is 89.0 Å². The first-order chi connectivity index (χ1) is 75.5. The van der Waals surface area contributed by atoms with Gasteiger partial charge in [-0.2, -0.15) is 0 Å². The molecule has 0 unspecified atom stereocenters. The summed E-state index contributed by atoms with van der Waals surface area (Å²) in [6.07, 6.45) is 3.94. The van der Waals surface area contributed by atoms with Crippen molar-refractivity contribution >= 4 is 34.1 Å². The molecule has 0 aliphatic heterocycles. The molecule has 150 heavy (non-hydrogen) atoms. The first-order valence-electron chi connectivity index (χ1n) is 54.0. The number of hydrogen-bond donors (Lipinski definition) is 3. The first-order valence-corrected chi connectivity index (χ1v) is 51.5. The highest BCUT2D eigenvalue weighted by Crippen LogP contribution is 2.39. The first kappa shape index (κ1) is 98.1. The molecule has 3 N–H and O–H groups in total. The fraction of sp³-hybridized carbons (Fsp3) is 0.0959. The second-order valence-corrected chi connectivity index (χ2v) is 39.1. The molecule has 22 rings (SSSR count). The monoisotopic (exact) mass is 1950 g/mol. The Labute approximate surface area is 898 Å². The van der Waals surface area contributed by atoms with Gasteiger partial charge in [-0.05, 0) is 279 Å². The van der Waals surface area contributed by atoms with Crippen LogP contribution in [0.2, 0.25) is 0 Å². The average Bonchev–Trinajstić information content (AvgIpc) is 0.730. The minimum Gasteiger partial charge on any atom is -0.497 e. The maximum absolute atomic E-state index is 7.75. The Hall–Kier alpha value is -18.0. The molecule has 22 aromatic carbocycles. The van der Waals surface area contributed by atoms with Crippen molar-refractivity contribution in [3.05, 3.63) is 656 Å². The predicted octanol–water partition coefficient (Wildman–Crippen LogP) is 39.6. The van der Waals surface area contributed by atoms with E-state index in [1.165, 1.54) is 150 Å². The highest BCUT2D eigenvalue weighted by molar-refractivity contribution is 5.88. The Balaban J connectivity index is 0.000000129. The highest BCUT2D eigenvalue weighted by atomic mass is 16.5. The lowest BCUT2D eigenvalue weighted by molar-refractivity contribution is 0.414. The van der Waals surface area contributed by atoms with Gasteiger partial charge in [-0.3, -0.25) is 0 Å². The van der Waals surface area contributed by atoms with Crippen molar-refractivity contribution in [1.82, 2.24) is 0 Å². The second-order valence-electron chi connectivity index (χ2n) is 39.1. The number of benzene rings is 22. The zero-order valence-electron chi connectivity index (χ0n) is 91.9. The zero-order chi connectivity index (χ0) is 108. The zero-order valence-corrected chi connectivity index (χ0v) is 86.9. The van der Waals surface area contributed by atoms with Crippen LogP contribution in [-0.2, 0) is 36.5 Å². The van der Waals surface area contributed by atoms with Gasteiger partial charge in [-0.25, -0.2) is 0 Å². The molecular formula is C146H133N3O. The van der Waals surface area contributed by atoms with Gasteiger partial charge in [-0.1, -0.05) is 551 Å². The Kier molecular flexibility index (Phi) is 35.5. The smallest absolute Gasteiger partial charge is 0.118 e. The van der Waals surface area contributed by atoms with Crippen LogP contribution >= 0.6 is 0 Å². The molecule has 0 spiro atoms. The van der Waals surface area contributed by atoms with Crippen LogP contribution in [0.4, 0.5) is 34.1 Å². The van der Waals surface area contributed by atoms with Crippen LogP contribution in [0.5, 0.6) is 5.75 Å². The largest absolute Gasteiger partial charge is 0.497 e. The fourth-order valence-electron chi connectivity index (χ4n) is 17.5. The lowest BCUT2D eigenvalue weighted by Crippen LogP contribution is -2.11. The molecule has 0 radical (unpaired) electrons. The molecule has 0 aliphatic rings. The molecule has 0 saturated carbocycles. The lowest BCUT2D eigenvalue weighted by Gasteiger charge is -2.20. The van der Waals surface area contributed by atoms with Crippen molar-refractivity contribution in [1.29, 1.82) is 0 Å². The van der Waals surface area contributed by atoms with E-state index < -0.39 is 0 Å². The number of nitrogens with one attached hydrogen (secondary N) is 3. The number of para-hydroxylation sites is 4. The van der Waals surface area contributed by atoms with Gasteiger partial charge in [0.05, 0.1) is 14.0 Å². The van der Waals surface area contributed by atoms with Crippen molar-refractivity contribution in [3.8, 4) is 94.8 Å². The van der Waals surface area contributed by atoms with Crippen LogP contribution in [0.3, 0.4) is 0 Å².